The van der Waals surface area contributed by atoms with Gasteiger partial charge in [-0.05, 0) is 24.3 Å². The lowest BCUT2D eigenvalue weighted by Crippen LogP contribution is -2.23. The molecule has 2 aromatic carbocycles. The fraction of sp³-hybridized carbons (Fsp3) is 0.250. The average molecular weight is 382 g/mol. The topological polar surface area (TPSA) is 98.5 Å². The highest BCUT2D eigenvalue weighted by atomic mass is 16.5. The van der Waals surface area contributed by atoms with Crippen molar-refractivity contribution in [1.29, 1.82) is 0 Å². The Morgan fingerprint density at radius 2 is 1.68 bits per heavy atom. The summed E-state index contributed by atoms with van der Waals surface area (Å²) in [5, 5.41) is 0.393. The van der Waals surface area contributed by atoms with E-state index in [4.69, 9.17) is 4.74 Å². The molecule has 1 aromatic heterocycles. The molecule has 0 aliphatic heterocycles. The number of benzene rings is 2. The van der Waals surface area contributed by atoms with Crippen molar-refractivity contribution in [2.24, 2.45) is 0 Å². The number of likely N-dealkylation sites (N-methyl/N-ethyl adjacent to an activating group) is 1. The smallest absolute Gasteiger partial charge is 0.326 e. The van der Waals surface area contributed by atoms with Gasteiger partial charge >= 0.3 is 5.69 Å². The highest BCUT2D eigenvalue weighted by molar-refractivity contribution is 5.83. The third-order valence-corrected chi connectivity index (χ3v) is 4.61. The van der Waals surface area contributed by atoms with Crippen LogP contribution in [-0.2, 0) is 11.2 Å². The van der Waals surface area contributed by atoms with Gasteiger partial charge in [0, 0.05) is 44.1 Å². The molecule has 0 bridgehead atoms. The van der Waals surface area contributed by atoms with E-state index >= 15 is 0 Å². The van der Waals surface area contributed by atoms with Gasteiger partial charge in [-0.15, -0.1) is 0 Å². The van der Waals surface area contributed by atoms with Crippen LogP contribution in [0.5, 0.6) is 5.75 Å². The van der Waals surface area contributed by atoms with Crippen molar-refractivity contribution in [2.45, 2.75) is 6.42 Å². The van der Waals surface area contributed by atoms with Gasteiger partial charge < -0.3 is 19.5 Å². The van der Waals surface area contributed by atoms with Crippen LogP contribution in [0.15, 0.2) is 46.0 Å². The lowest BCUT2D eigenvalue weighted by molar-refractivity contribution is -0.127. The van der Waals surface area contributed by atoms with Crippen molar-refractivity contribution in [3.8, 4) is 5.75 Å². The van der Waals surface area contributed by atoms with Crippen molar-refractivity contribution >= 4 is 28.2 Å². The Morgan fingerprint density at radius 1 is 1.00 bits per heavy atom. The molecule has 0 saturated heterocycles. The number of H-pyrrole nitrogens is 2. The first-order chi connectivity index (χ1) is 13.3. The van der Waals surface area contributed by atoms with Crippen LogP contribution in [0.25, 0.3) is 10.9 Å². The maximum atomic E-state index is 12.1. The van der Waals surface area contributed by atoms with E-state index in [0.717, 1.165) is 16.9 Å². The largest absolute Gasteiger partial charge is 0.496 e. The van der Waals surface area contributed by atoms with E-state index in [1.807, 2.05) is 36.2 Å². The second-order valence-electron chi connectivity index (χ2n) is 6.66. The molecule has 28 heavy (non-hydrogen) atoms. The molecule has 3 aromatic rings. The summed E-state index contributed by atoms with van der Waals surface area (Å²) in [6, 6.07) is 10.8. The van der Waals surface area contributed by atoms with Crippen molar-refractivity contribution in [2.75, 3.05) is 33.2 Å². The van der Waals surface area contributed by atoms with E-state index in [-0.39, 0.29) is 12.3 Å². The van der Waals surface area contributed by atoms with Crippen LogP contribution in [0, 0.1) is 0 Å². The Hall–Kier alpha value is -3.55. The number of anilines is 2. The molecule has 8 nitrogen and oxygen atoms in total. The summed E-state index contributed by atoms with van der Waals surface area (Å²) in [6.07, 6.45) is 0.249. The van der Waals surface area contributed by atoms with Crippen LogP contribution in [0.4, 0.5) is 11.4 Å². The van der Waals surface area contributed by atoms with Gasteiger partial charge in [-0.25, -0.2) is 4.79 Å². The third kappa shape index (κ3) is 3.75. The van der Waals surface area contributed by atoms with Crippen LogP contribution in [0.2, 0.25) is 0 Å². The number of nitrogens with zero attached hydrogens (tertiary/aromatic N) is 2. The van der Waals surface area contributed by atoms with Crippen LogP contribution >= 0.6 is 0 Å². The lowest BCUT2D eigenvalue weighted by Gasteiger charge is -2.21. The van der Waals surface area contributed by atoms with Crippen LogP contribution < -0.4 is 20.9 Å². The van der Waals surface area contributed by atoms with Gasteiger partial charge in [-0.3, -0.25) is 14.6 Å². The number of hydrogen-bond acceptors (Lipinski definition) is 5. The van der Waals surface area contributed by atoms with Gasteiger partial charge in [0.2, 0.25) is 5.91 Å². The molecule has 2 N–H and O–H groups in total. The van der Waals surface area contributed by atoms with E-state index in [1.54, 1.807) is 33.3 Å². The number of aromatic nitrogens is 2. The van der Waals surface area contributed by atoms with Crippen molar-refractivity contribution in [3.05, 3.63) is 62.8 Å². The Kier molecular flexibility index (Phi) is 5.21. The predicted octanol–water partition coefficient (Wildman–Crippen LogP) is 1.62. The van der Waals surface area contributed by atoms with Crippen molar-refractivity contribution in [3.63, 3.8) is 0 Å². The van der Waals surface area contributed by atoms with Crippen LogP contribution in [0.3, 0.4) is 0 Å². The van der Waals surface area contributed by atoms with E-state index < -0.39 is 11.2 Å². The van der Waals surface area contributed by atoms with Gasteiger partial charge in [0.25, 0.3) is 5.56 Å². The van der Waals surface area contributed by atoms with Crippen molar-refractivity contribution < 1.29 is 9.53 Å². The Morgan fingerprint density at radius 3 is 2.36 bits per heavy atom. The summed E-state index contributed by atoms with van der Waals surface area (Å²) in [5.41, 5.74) is 1.89. The van der Waals surface area contributed by atoms with E-state index in [9.17, 15) is 14.4 Å². The number of amides is 1. The minimum Gasteiger partial charge on any atom is -0.496 e. The summed E-state index contributed by atoms with van der Waals surface area (Å²) >= 11 is 0. The molecule has 0 atom stereocenters. The molecule has 3 rings (SSSR count). The van der Waals surface area contributed by atoms with Crippen LogP contribution in [0.1, 0.15) is 5.56 Å². The summed E-state index contributed by atoms with van der Waals surface area (Å²) in [5.74, 6) is 0.602. The molecule has 0 unspecified atom stereocenters. The second kappa shape index (κ2) is 7.59. The number of aromatic amines is 2. The standard InChI is InChI=1S/C20H22N4O4/c1-23(2)18(25)9-12-5-6-14(11-17(12)28-4)24(3)13-7-8-16-15(10-13)19(26)22-20(27)21-16/h5-8,10-11H,9H2,1-4H3,(H2,21,22,26,27). The summed E-state index contributed by atoms with van der Waals surface area (Å²) in [6.45, 7) is 0. The van der Waals surface area contributed by atoms with Gasteiger partial charge in [0.05, 0.1) is 24.4 Å². The SMILES string of the molecule is COc1cc(N(C)c2ccc3[nH]c(=O)[nH]c(=O)c3c2)ccc1CC(=O)N(C)C. The number of nitrogens with one attached hydrogen (secondary N) is 2. The first kappa shape index (κ1) is 19.2. The molecule has 0 saturated carbocycles. The molecule has 1 amide bonds. The summed E-state index contributed by atoms with van der Waals surface area (Å²) in [7, 11) is 6.85. The number of rotatable bonds is 5. The maximum absolute atomic E-state index is 12.1. The molecule has 0 aliphatic carbocycles. The van der Waals surface area contributed by atoms with Crippen molar-refractivity contribution in [1.82, 2.24) is 14.9 Å². The molecule has 0 aliphatic rings. The molecule has 0 fully saturated rings. The average Bonchev–Trinajstić information content (AvgIpc) is 2.67. The molecular weight excluding hydrogens is 360 g/mol. The quantitative estimate of drug-likeness (QED) is 0.699. The van der Waals surface area contributed by atoms with Gasteiger partial charge in [-0.2, -0.15) is 0 Å². The van der Waals surface area contributed by atoms with E-state index in [1.165, 1.54) is 4.90 Å². The Bertz CT molecular complexity index is 1150. The number of fused-ring (bicyclic) bond motifs is 1. The second-order valence-corrected chi connectivity index (χ2v) is 6.66. The van der Waals surface area contributed by atoms with Gasteiger partial charge in [0.15, 0.2) is 0 Å². The van der Waals surface area contributed by atoms with E-state index in [2.05, 4.69) is 9.97 Å². The first-order valence-corrected chi connectivity index (χ1v) is 8.67. The zero-order valence-corrected chi connectivity index (χ0v) is 16.2. The lowest BCUT2D eigenvalue weighted by atomic mass is 10.1. The number of ether oxygens (including phenoxy) is 1. The van der Waals surface area contributed by atoms with Crippen LogP contribution in [-0.4, -0.2) is 49.0 Å². The first-order valence-electron chi connectivity index (χ1n) is 8.67. The maximum Gasteiger partial charge on any atom is 0.326 e. The summed E-state index contributed by atoms with van der Waals surface area (Å²) in [4.78, 5) is 43.7. The zero-order chi connectivity index (χ0) is 20.4. The fourth-order valence-electron chi connectivity index (χ4n) is 2.92. The molecule has 8 heteroatoms. The highest BCUT2D eigenvalue weighted by Crippen LogP contribution is 2.30. The normalized spacial score (nSPS) is 10.7. The molecule has 146 valence electrons. The minimum atomic E-state index is -0.536. The van der Waals surface area contributed by atoms with E-state index in [0.29, 0.717) is 16.7 Å². The number of hydrogen-bond donors (Lipinski definition) is 2. The monoisotopic (exact) mass is 382 g/mol. The number of carbonyl (C=O) groups excluding carboxylic acids is 1. The third-order valence-electron chi connectivity index (χ3n) is 4.61. The molecular formula is C20H22N4O4. The van der Waals surface area contributed by atoms with Gasteiger partial charge in [0.1, 0.15) is 5.75 Å². The Balaban J connectivity index is 1.97. The number of carbonyl (C=O) groups is 1. The fourth-order valence-corrected chi connectivity index (χ4v) is 2.92. The number of methoxy groups -OCH3 is 1. The Labute approximate surface area is 161 Å². The minimum absolute atomic E-state index is 0.0119. The highest BCUT2D eigenvalue weighted by Gasteiger charge is 2.14. The predicted molar refractivity (Wildman–Crippen MR) is 109 cm³/mol. The molecule has 0 spiro atoms. The van der Waals surface area contributed by atoms with Gasteiger partial charge in [-0.1, -0.05) is 6.07 Å². The molecule has 0 radical (unpaired) electrons. The zero-order valence-electron chi connectivity index (χ0n) is 16.2. The molecule has 1 heterocycles. The summed E-state index contributed by atoms with van der Waals surface area (Å²) < 4.78 is 5.46.